The number of rotatable bonds is 5. The van der Waals surface area contributed by atoms with E-state index in [1.165, 1.54) is 0 Å². The summed E-state index contributed by atoms with van der Waals surface area (Å²) in [6.07, 6.45) is 1.10. The Morgan fingerprint density at radius 1 is 1.26 bits per heavy atom. The Morgan fingerprint density at radius 3 is 2.47 bits per heavy atom. The lowest BCUT2D eigenvalue weighted by Crippen LogP contribution is -2.29. The van der Waals surface area contributed by atoms with Crippen molar-refractivity contribution in [3.05, 3.63) is 29.8 Å². The maximum Gasteiger partial charge on any atom is 0.229 e. The van der Waals surface area contributed by atoms with Gasteiger partial charge >= 0.3 is 0 Å². The number of amides is 1. The fourth-order valence-electron chi connectivity index (χ4n) is 1.77. The van der Waals surface area contributed by atoms with Gasteiger partial charge in [-0.15, -0.1) is 0 Å². The van der Waals surface area contributed by atoms with Crippen molar-refractivity contribution in [1.82, 2.24) is 5.32 Å². The van der Waals surface area contributed by atoms with Gasteiger partial charge in [-0.25, -0.2) is 0 Å². The third-order valence-electron chi connectivity index (χ3n) is 3.06. The van der Waals surface area contributed by atoms with Crippen LogP contribution in [0.15, 0.2) is 24.3 Å². The van der Waals surface area contributed by atoms with E-state index in [1.807, 2.05) is 39.0 Å². The molecule has 1 aromatic rings. The van der Waals surface area contributed by atoms with Gasteiger partial charge < -0.3 is 10.6 Å². The van der Waals surface area contributed by atoms with E-state index in [0.29, 0.717) is 0 Å². The van der Waals surface area contributed by atoms with Crippen molar-refractivity contribution in [2.75, 3.05) is 11.9 Å². The van der Waals surface area contributed by atoms with Crippen molar-refractivity contribution in [1.29, 1.82) is 0 Å². The minimum absolute atomic E-state index is 0.0441. The van der Waals surface area contributed by atoms with Crippen LogP contribution in [-0.4, -0.2) is 12.5 Å². The third kappa shape index (κ3) is 4.67. The zero-order chi connectivity index (χ0) is 14.5. The van der Waals surface area contributed by atoms with Crippen molar-refractivity contribution in [2.24, 2.45) is 5.41 Å². The molecule has 0 saturated heterocycles. The van der Waals surface area contributed by atoms with Crippen LogP contribution in [0.4, 0.5) is 5.69 Å². The number of nitrogens with one attached hydrogen (secondary N) is 2. The topological polar surface area (TPSA) is 41.1 Å². The summed E-state index contributed by atoms with van der Waals surface area (Å²) in [6.45, 7) is 11.0. The van der Waals surface area contributed by atoms with Crippen LogP contribution in [0, 0.1) is 5.41 Å². The molecule has 0 heterocycles. The van der Waals surface area contributed by atoms with Crippen LogP contribution < -0.4 is 10.6 Å². The molecule has 0 aliphatic carbocycles. The van der Waals surface area contributed by atoms with Crippen molar-refractivity contribution >= 4 is 11.6 Å². The van der Waals surface area contributed by atoms with Crippen LogP contribution in [0.2, 0.25) is 0 Å². The minimum atomic E-state index is -0.382. The summed E-state index contributed by atoms with van der Waals surface area (Å²) in [5.74, 6) is 0.0441. The van der Waals surface area contributed by atoms with Gasteiger partial charge in [0.2, 0.25) is 5.91 Å². The molecule has 0 aliphatic rings. The zero-order valence-electron chi connectivity index (χ0n) is 12.7. The molecular formula is C16H26N2O. The lowest BCUT2D eigenvalue weighted by Gasteiger charge is -2.22. The van der Waals surface area contributed by atoms with Gasteiger partial charge in [0, 0.05) is 17.1 Å². The molecule has 0 saturated carbocycles. The van der Waals surface area contributed by atoms with Gasteiger partial charge in [0.1, 0.15) is 0 Å². The standard InChI is InChI=1S/C16H26N2O/c1-6-11-17-12(2)13-9-7-8-10-14(13)18-15(19)16(3,4)5/h7-10,12,17H,6,11H2,1-5H3,(H,18,19). The summed E-state index contributed by atoms with van der Waals surface area (Å²) in [7, 11) is 0. The highest BCUT2D eigenvalue weighted by Crippen LogP contribution is 2.25. The first-order valence-corrected chi connectivity index (χ1v) is 7.00. The predicted molar refractivity (Wildman–Crippen MR) is 81.2 cm³/mol. The van der Waals surface area contributed by atoms with Crippen LogP contribution in [0.25, 0.3) is 0 Å². The molecule has 0 spiro atoms. The summed E-state index contributed by atoms with van der Waals surface area (Å²) in [6, 6.07) is 8.21. The van der Waals surface area contributed by atoms with E-state index < -0.39 is 0 Å². The average Bonchev–Trinajstić information content (AvgIpc) is 2.35. The van der Waals surface area contributed by atoms with Crippen LogP contribution >= 0.6 is 0 Å². The largest absolute Gasteiger partial charge is 0.325 e. The number of benzene rings is 1. The van der Waals surface area contributed by atoms with E-state index in [0.717, 1.165) is 24.2 Å². The molecule has 1 atom stereocenters. The van der Waals surface area contributed by atoms with E-state index in [4.69, 9.17) is 0 Å². The molecule has 19 heavy (non-hydrogen) atoms. The van der Waals surface area contributed by atoms with E-state index in [9.17, 15) is 4.79 Å². The monoisotopic (exact) mass is 262 g/mol. The maximum absolute atomic E-state index is 12.1. The van der Waals surface area contributed by atoms with Gasteiger partial charge in [-0.1, -0.05) is 45.9 Å². The second-order valence-corrected chi connectivity index (χ2v) is 5.97. The Kier molecular flexibility index (Phi) is 5.55. The van der Waals surface area contributed by atoms with Crippen molar-refractivity contribution < 1.29 is 4.79 Å². The number of carbonyl (C=O) groups is 1. The van der Waals surface area contributed by atoms with E-state index in [2.05, 4.69) is 30.5 Å². The number of anilines is 1. The normalized spacial score (nSPS) is 13.1. The van der Waals surface area contributed by atoms with Crippen LogP contribution in [0.1, 0.15) is 52.6 Å². The fraction of sp³-hybridized carbons (Fsp3) is 0.562. The summed E-state index contributed by atoms with van der Waals surface area (Å²) >= 11 is 0. The second kappa shape index (κ2) is 6.71. The van der Waals surface area contributed by atoms with Crippen molar-refractivity contribution in [3.63, 3.8) is 0 Å². The number of hydrogen-bond donors (Lipinski definition) is 2. The van der Waals surface area contributed by atoms with Crippen LogP contribution in [0.3, 0.4) is 0 Å². The molecule has 3 nitrogen and oxygen atoms in total. The molecule has 0 aromatic heterocycles. The Morgan fingerprint density at radius 2 is 1.89 bits per heavy atom. The highest BCUT2D eigenvalue weighted by atomic mass is 16.2. The lowest BCUT2D eigenvalue weighted by molar-refractivity contribution is -0.123. The Hall–Kier alpha value is -1.35. The molecule has 0 bridgehead atoms. The molecule has 1 unspecified atom stereocenters. The van der Waals surface area contributed by atoms with E-state index in [1.54, 1.807) is 0 Å². The van der Waals surface area contributed by atoms with Gasteiger partial charge in [-0.05, 0) is 31.5 Å². The van der Waals surface area contributed by atoms with Gasteiger partial charge in [-0.3, -0.25) is 4.79 Å². The second-order valence-electron chi connectivity index (χ2n) is 5.97. The fourth-order valence-corrected chi connectivity index (χ4v) is 1.77. The molecule has 1 aromatic carbocycles. The Bertz CT molecular complexity index is 421. The highest BCUT2D eigenvalue weighted by Gasteiger charge is 2.22. The molecular weight excluding hydrogens is 236 g/mol. The van der Waals surface area contributed by atoms with Gasteiger partial charge in [-0.2, -0.15) is 0 Å². The number of hydrogen-bond acceptors (Lipinski definition) is 2. The highest BCUT2D eigenvalue weighted by molar-refractivity contribution is 5.95. The first kappa shape index (κ1) is 15.7. The smallest absolute Gasteiger partial charge is 0.229 e. The Labute approximate surface area is 116 Å². The van der Waals surface area contributed by atoms with Crippen molar-refractivity contribution in [2.45, 2.75) is 47.1 Å². The maximum atomic E-state index is 12.1. The number of carbonyl (C=O) groups excluding carboxylic acids is 1. The van der Waals surface area contributed by atoms with E-state index >= 15 is 0 Å². The summed E-state index contributed by atoms with van der Waals surface area (Å²) in [4.78, 5) is 12.1. The molecule has 2 N–H and O–H groups in total. The van der Waals surface area contributed by atoms with Gasteiger partial charge in [0.25, 0.3) is 0 Å². The quantitative estimate of drug-likeness (QED) is 0.849. The van der Waals surface area contributed by atoms with Crippen LogP contribution in [0.5, 0.6) is 0 Å². The summed E-state index contributed by atoms with van der Waals surface area (Å²) in [5.41, 5.74) is 1.65. The predicted octanol–water partition coefficient (Wildman–Crippen LogP) is 3.73. The minimum Gasteiger partial charge on any atom is -0.325 e. The van der Waals surface area contributed by atoms with Crippen LogP contribution in [-0.2, 0) is 4.79 Å². The first-order valence-electron chi connectivity index (χ1n) is 7.00. The average molecular weight is 262 g/mol. The molecule has 0 radical (unpaired) electrons. The zero-order valence-corrected chi connectivity index (χ0v) is 12.7. The summed E-state index contributed by atoms with van der Waals surface area (Å²) in [5, 5.41) is 6.48. The van der Waals surface area contributed by atoms with Crippen molar-refractivity contribution in [3.8, 4) is 0 Å². The van der Waals surface area contributed by atoms with E-state index in [-0.39, 0.29) is 17.4 Å². The summed E-state index contributed by atoms with van der Waals surface area (Å²) < 4.78 is 0. The van der Waals surface area contributed by atoms with Gasteiger partial charge in [0.15, 0.2) is 0 Å². The lowest BCUT2D eigenvalue weighted by atomic mass is 9.95. The molecule has 1 rings (SSSR count). The third-order valence-corrected chi connectivity index (χ3v) is 3.06. The molecule has 3 heteroatoms. The molecule has 0 aliphatic heterocycles. The molecule has 0 fully saturated rings. The number of para-hydroxylation sites is 1. The van der Waals surface area contributed by atoms with Gasteiger partial charge in [0.05, 0.1) is 0 Å². The Balaban J connectivity index is 2.87. The molecule has 1 amide bonds. The molecule has 106 valence electrons. The SMILES string of the molecule is CCCNC(C)c1ccccc1NC(=O)C(C)(C)C. The first-order chi connectivity index (χ1) is 8.86.